The van der Waals surface area contributed by atoms with Crippen molar-refractivity contribution in [2.24, 2.45) is 0 Å². The van der Waals surface area contributed by atoms with E-state index in [1.807, 2.05) is 24.3 Å². The number of benzene rings is 4. The zero-order chi connectivity index (χ0) is 31.8. The minimum atomic E-state index is -0.874. The molecule has 0 aliphatic carbocycles. The highest BCUT2D eigenvalue weighted by Gasteiger charge is 2.78. The number of thiocarbonyl (C=S) groups is 2. The van der Waals surface area contributed by atoms with Gasteiger partial charge in [-0.1, -0.05) is 60.7 Å². The van der Waals surface area contributed by atoms with Crippen molar-refractivity contribution in [1.82, 2.24) is 19.6 Å². The van der Waals surface area contributed by atoms with Crippen LogP contribution in [-0.4, -0.2) is 58.3 Å². The standard InChI is InChI=1S/C36H34N4O4S2/c1-41-29-15-16-30(42-2)26-20-38-34(46)40-22-28-27(31(43-3)17-18-32(28)44-4)21-39-33(45)37(19-25(26)29)35(38,23-11-7-5-8-12-23)36(39,40)24-13-9-6-10-14-24/h5-18H,19-22H2,1-4H3. The maximum Gasteiger partial charge on any atom is 0.191 e. The van der Waals surface area contributed by atoms with Gasteiger partial charge in [0.05, 0.1) is 54.6 Å². The summed E-state index contributed by atoms with van der Waals surface area (Å²) in [5, 5.41) is 1.42. The molecule has 4 aromatic carbocycles. The first-order valence-corrected chi connectivity index (χ1v) is 16.0. The van der Waals surface area contributed by atoms with E-state index in [1.165, 1.54) is 0 Å². The van der Waals surface area contributed by atoms with Crippen LogP contribution in [0.15, 0.2) is 84.9 Å². The van der Waals surface area contributed by atoms with Gasteiger partial charge in [0.2, 0.25) is 0 Å². The molecule has 0 saturated carbocycles. The molecule has 4 heterocycles. The van der Waals surface area contributed by atoms with Crippen molar-refractivity contribution in [3.8, 4) is 23.0 Å². The van der Waals surface area contributed by atoms with Crippen LogP contribution < -0.4 is 18.9 Å². The quantitative estimate of drug-likeness (QED) is 0.234. The zero-order valence-electron chi connectivity index (χ0n) is 26.1. The van der Waals surface area contributed by atoms with Gasteiger partial charge < -0.3 is 38.5 Å². The Morgan fingerprint density at radius 2 is 0.696 bits per heavy atom. The van der Waals surface area contributed by atoms with Gasteiger partial charge in [0.15, 0.2) is 21.6 Å². The third kappa shape index (κ3) is 3.43. The summed E-state index contributed by atoms with van der Waals surface area (Å²) in [5.74, 6) is 3.16. The molecule has 4 aromatic rings. The van der Waals surface area contributed by atoms with E-state index < -0.39 is 11.3 Å². The van der Waals surface area contributed by atoms with Crippen molar-refractivity contribution in [2.45, 2.75) is 37.5 Å². The Hall–Kier alpha value is -4.54. The van der Waals surface area contributed by atoms with E-state index >= 15 is 0 Å². The van der Waals surface area contributed by atoms with Gasteiger partial charge in [-0.3, -0.25) is 0 Å². The van der Waals surface area contributed by atoms with Gasteiger partial charge in [-0.15, -0.1) is 0 Å². The van der Waals surface area contributed by atoms with Crippen molar-refractivity contribution in [1.29, 1.82) is 0 Å². The van der Waals surface area contributed by atoms with Gasteiger partial charge in [0.1, 0.15) is 23.0 Å². The molecule has 10 heteroatoms. The van der Waals surface area contributed by atoms with Crippen molar-refractivity contribution in [2.75, 3.05) is 28.4 Å². The summed E-state index contributed by atoms with van der Waals surface area (Å²) in [6, 6.07) is 29.2. The maximum absolute atomic E-state index is 6.64. The molecule has 8 nitrogen and oxygen atoms in total. The second-order valence-corrected chi connectivity index (χ2v) is 12.6. The molecule has 4 aliphatic rings. The van der Waals surface area contributed by atoms with Crippen LogP contribution in [0.3, 0.4) is 0 Å². The number of fused-ring (bicyclic) bond motifs is 2. The van der Waals surface area contributed by atoms with Gasteiger partial charge in [-0.2, -0.15) is 0 Å². The summed E-state index contributed by atoms with van der Waals surface area (Å²) < 4.78 is 23.9. The third-order valence-electron chi connectivity index (χ3n) is 10.2. The van der Waals surface area contributed by atoms with E-state index in [9.17, 15) is 0 Å². The highest BCUT2D eigenvalue weighted by atomic mass is 32.1. The van der Waals surface area contributed by atoms with Crippen LogP contribution in [0.25, 0.3) is 0 Å². The van der Waals surface area contributed by atoms with Gasteiger partial charge in [-0.25, -0.2) is 0 Å². The van der Waals surface area contributed by atoms with Crippen molar-refractivity contribution in [3.05, 3.63) is 118 Å². The Bertz CT molecular complexity index is 1660. The monoisotopic (exact) mass is 650 g/mol. The lowest BCUT2D eigenvalue weighted by atomic mass is 9.79. The average Bonchev–Trinajstić information content (AvgIpc) is 3.26. The molecule has 2 saturated heterocycles. The van der Waals surface area contributed by atoms with Crippen LogP contribution in [0.4, 0.5) is 0 Å². The number of methoxy groups -OCH3 is 4. The molecule has 234 valence electrons. The predicted octanol–water partition coefficient (Wildman–Crippen LogP) is 5.96. The molecular formula is C36H34N4O4S2. The van der Waals surface area contributed by atoms with Gasteiger partial charge in [-0.05, 0) is 48.7 Å². The average molecular weight is 651 g/mol. The first kappa shape index (κ1) is 28.9. The lowest BCUT2D eigenvalue weighted by Crippen LogP contribution is -2.62. The minimum Gasteiger partial charge on any atom is -0.496 e. The molecule has 0 aromatic heterocycles. The topological polar surface area (TPSA) is 49.9 Å². The molecule has 0 unspecified atom stereocenters. The SMILES string of the molecule is COc1ccc(OC)c2c1CN1C(=S)N3Cc4c(OC)ccc(OC)c4CN4C(=S)N(C2)C1(c1ccccc1)C34c1ccccc1. The highest BCUT2D eigenvalue weighted by Crippen LogP contribution is 2.66. The number of hydrogen-bond donors (Lipinski definition) is 0. The molecule has 4 aliphatic heterocycles. The van der Waals surface area contributed by atoms with Crippen molar-refractivity contribution >= 4 is 34.7 Å². The van der Waals surface area contributed by atoms with Gasteiger partial charge in [0, 0.05) is 33.4 Å². The van der Waals surface area contributed by atoms with Crippen LogP contribution in [0, 0.1) is 0 Å². The van der Waals surface area contributed by atoms with E-state index in [4.69, 9.17) is 43.4 Å². The van der Waals surface area contributed by atoms with E-state index in [1.54, 1.807) is 28.4 Å². The fourth-order valence-electron chi connectivity index (χ4n) is 8.38. The summed E-state index contributed by atoms with van der Waals surface area (Å²) >= 11 is 13.3. The fourth-order valence-corrected chi connectivity index (χ4v) is 9.16. The maximum atomic E-state index is 6.64. The van der Waals surface area contributed by atoms with E-state index in [2.05, 4.69) is 80.3 Å². The van der Waals surface area contributed by atoms with E-state index in [0.29, 0.717) is 36.4 Å². The number of nitrogens with zero attached hydrogens (tertiary/aromatic N) is 4. The summed E-state index contributed by atoms with van der Waals surface area (Å²) in [6.07, 6.45) is 0. The summed E-state index contributed by atoms with van der Waals surface area (Å²) in [6.45, 7) is 1.96. The molecule has 46 heavy (non-hydrogen) atoms. The van der Waals surface area contributed by atoms with Gasteiger partial charge in [0.25, 0.3) is 0 Å². The lowest BCUT2D eigenvalue weighted by Gasteiger charge is -2.50. The van der Waals surface area contributed by atoms with E-state index in [0.717, 1.165) is 56.4 Å². The van der Waals surface area contributed by atoms with Crippen LogP contribution in [0.1, 0.15) is 33.4 Å². The molecule has 0 amide bonds. The summed E-state index contributed by atoms with van der Waals surface area (Å²) in [4.78, 5) is 9.45. The fraction of sp³-hybridized carbons (Fsp3) is 0.278. The summed E-state index contributed by atoms with van der Waals surface area (Å²) in [7, 11) is 6.85. The Morgan fingerprint density at radius 3 is 0.935 bits per heavy atom. The highest BCUT2D eigenvalue weighted by molar-refractivity contribution is 7.80. The first-order chi connectivity index (χ1) is 22.5. The largest absolute Gasteiger partial charge is 0.496 e. The molecule has 0 spiro atoms. The Morgan fingerprint density at radius 1 is 0.435 bits per heavy atom. The molecule has 0 N–H and O–H groups in total. The lowest BCUT2D eigenvalue weighted by molar-refractivity contribution is -0.0795. The Balaban J connectivity index is 1.52. The van der Waals surface area contributed by atoms with E-state index in [-0.39, 0.29) is 0 Å². The molecule has 0 atom stereocenters. The molecular weight excluding hydrogens is 617 g/mol. The summed E-state index contributed by atoms with van der Waals surface area (Å²) in [5.41, 5.74) is 4.55. The Kier molecular flexibility index (Phi) is 6.60. The number of hydrogen-bond acceptors (Lipinski definition) is 6. The normalized spacial score (nSPS) is 22.5. The third-order valence-corrected chi connectivity index (χ3v) is 11.0. The second-order valence-electron chi connectivity index (χ2n) is 11.8. The molecule has 8 rings (SSSR count). The van der Waals surface area contributed by atoms with Crippen LogP contribution in [0.2, 0.25) is 0 Å². The van der Waals surface area contributed by atoms with Crippen LogP contribution >= 0.6 is 24.4 Å². The Labute approximate surface area is 279 Å². The van der Waals surface area contributed by atoms with Crippen LogP contribution in [-0.2, 0) is 37.5 Å². The minimum absolute atomic E-state index is 0.490. The van der Waals surface area contributed by atoms with Crippen LogP contribution in [0.5, 0.6) is 23.0 Å². The number of ether oxygens (including phenoxy) is 4. The van der Waals surface area contributed by atoms with Crippen molar-refractivity contribution in [3.63, 3.8) is 0 Å². The number of rotatable bonds is 6. The smallest absolute Gasteiger partial charge is 0.191 e. The molecule has 0 bridgehead atoms. The molecule has 0 radical (unpaired) electrons. The molecule has 2 fully saturated rings. The van der Waals surface area contributed by atoms with Crippen molar-refractivity contribution < 1.29 is 18.9 Å². The predicted molar refractivity (Wildman–Crippen MR) is 183 cm³/mol. The van der Waals surface area contributed by atoms with Gasteiger partial charge >= 0.3 is 0 Å². The first-order valence-electron chi connectivity index (χ1n) is 15.2. The zero-order valence-corrected chi connectivity index (χ0v) is 27.8. The second kappa shape index (κ2) is 10.5.